The van der Waals surface area contributed by atoms with E-state index in [-0.39, 0.29) is 18.8 Å². The monoisotopic (exact) mass is 445 g/mol. The highest BCUT2D eigenvalue weighted by Gasteiger charge is 2.26. The van der Waals surface area contributed by atoms with Gasteiger partial charge in [0.1, 0.15) is 5.69 Å². The van der Waals surface area contributed by atoms with Crippen LogP contribution in [0.15, 0.2) is 71.0 Å². The minimum absolute atomic E-state index is 0.0194. The van der Waals surface area contributed by atoms with Crippen molar-refractivity contribution < 1.29 is 4.92 Å². The molecule has 11 nitrogen and oxygen atoms in total. The van der Waals surface area contributed by atoms with E-state index in [0.29, 0.717) is 16.7 Å². The van der Waals surface area contributed by atoms with Crippen LogP contribution in [0.5, 0.6) is 0 Å². The number of hydrogen-bond donors (Lipinski definition) is 0. The molecule has 4 aromatic rings. The highest BCUT2D eigenvalue weighted by molar-refractivity contribution is 5.71. The standard InChI is InChI=1S/C22H19N7O4/c1-26-13-18(12-25-26)2-3-19-20(29(32)33)21(30)28(15-17-6-10-24-11-7-17)22(31)27(19)14-16-4-8-23-9-5-16/h2-13H,14-15H2,1H3/b3-2+. The summed E-state index contributed by atoms with van der Waals surface area (Å²) in [5.74, 6) is 0. The van der Waals surface area contributed by atoms with Crippen molar-refractivity contribution in [3.05, 3.63) is 115 Å². The molecule has 0 bridgehead atoms. The van der Waals surface area contributed by atoms with Crippen LogP contribution in [0.1, 0.15) is 22.4 Å². The van der Waals surface area contributed by atoms with E-state index in [0.717, 1.165) is 4.57 Å². The maximum absolute atomic E-state index is 13.4. The Hall–Kier alpha value is -4.67. The second-order valence-electron chi connectivity index (χ2n) is 7.24. The number of pyridine rings is 2. The second kappa shape index (κ2) is 9.22. The van der Waals surface area contributed by atoms with Crippen LogP contribution in [-0.2, 0) is 20.1 Å². The molecule has 0 aliphatic heterocycles. The highest BCUT2D eigenvalue weighted by Crippen LogP contribution is 2.17. The molecule has 166 valence electrons. The van der Waals surface area contributed by atoms with Crippen molar-refractivity contribution in [2.45, 2.75) is 13.1 Å². The van der Waals surface area contributed by atoms with Gasteiger partial charge in [-0.05, 0) is 47.5 Å². The molecule has 0 unspecified atom stereocenters. The van der Waals surface area contributed by atoms with Crippen LogP contribution in [0.4, 0.5) is 5.69 Å². The van der Waals surface area contributed by atoms with Gasteiger partial charge >= 0.3 is 16.9 Å². The molecule has 0 spiro atoms. The molecule has 0 aliphatic carbocycles. The lowest BCUT2D eigenvalue weighted by atomic mass is 10.2. The van der Waals surface area contributed by atoms with E-state index in [1.54, 1.807) is 66.9 Å². The summed E-state index contributed by atoms with van der Waals surface area (Å²) in [4.78, 5) is 45.7. The first-order valence-corrected chi connectivity index (χ1v) is 9.90. The van der Waals surface area contributed by atoms with Gasteiger partial charge in [0, 0.05) is 43.6 Å². The van der Waals surface area contributed by atoms with E-state index in [2.05, 4.69) is 15.1 Å². The first-order valence-electron chi connectivity index (χ1n) is 9.90. The summed E-state index contributed by atoms with van der Waals surface area (Å²) in [6.45, 7) is -0.102. The largest absolute Gasteiger partial charge is 0.357 e. The summed E-state index contributed by atoms with van der Waals surface area (Å²) >= 11 is 0. The van der Waals surface area contributed by atoms with E-state index in [9.17, 15) is 19.7 Å². The van der Waals surface area contributed by atoms with E-state index < -0.39 is 21.9 Å². The van der Waals surface area contributed by atoms with E-state index in [1.165, 1.54) is 23.0 Å². The molecule has 0 N–H and O–H groups in total. The minimum Gasteiger partial charge on any atom is -0.283 e. The fourth-order valence-corrected chi connectivity index (χ4v) is 3.38. The Morgan fingerprint density at radius 2 is 1.52 bits per heavy atom. The van der Waals surface area contributed by atoms with Crippen LogP contribution in [0.25, 0.3) is 12.2 Å². The molecular formula is C22H19N7O4. The molecule has 0 atom stereocenters. The maximum atomic E-state index is 13.4. The van der Waals surface area contributed by atoms with Gasteiger partial charge in [-0.2, -0.15) is 5.10 Å². The number of nitrogens with zero attached hydrogens (tertiary/aromatic N) is 7. The molecule has 4 heterocycles. The molecule has 0 aliphatic rings. The van der Waals surface area contributed by atoms with E-state index >= 15 is 0 Å². The van der Waals surface area contributed by atoms with Gasteiger partial charge in [-0.1, -0.05) is 0 Å². The average molecular weight is 445 g/mol. The highest BCUT2D eigenvalue weighted by atomic mass is 16.6. The third-order valence-corrected chi connectivity index (χ3v) is 4.96. The fourth-order valence-electron chi connectivity index (χ4n) is 3.38. The van der Waals surface area contributed by atoms with Gasteiger partial charge in [0.05, 0.1) is 24.2 Å². The van der Waals surface area contributed by atoms with Crippen LogP contribution in [0, 0.1) is 10.1 Å². The lowest BCUT2D eigenvalue weighted by Gasteiger charge is -2.14. The summed E-state index contributed by atoms with van der Waals surface area (Å²) < 4.78 is 3.67. The number of aromatic nitrogens is 6. The van der Waals surface area contributed by atoms with Gasteiger partial charge in [-0.15, -0.1) is 0 Å². The van der Waals surface area contributed by atoms with E-state index in [4.69, 9.17) is 0 Å². The van der Waals surface area contributed by atoms with Crippen molar-refractivity contribution in [3.8, 4) is 0 Å². The molecule has 0 aromatic carbocycles. The molecule has 4 aromatic heterocycles. The van der Waals surface area contributed by atoms with E-state index in [1.807, 2.05) is 0 Å². The summed E-state index contributed by atoms with van der Waals surface area (Å²) in [7, 11) is 1.74. The molecular weight excluding hydrogens is 426 g/mol. The lowest BCUT2D eigenvalue weighted by molar-refractivity contribution is -0.387. The molecule has 0 saturated heterocycles. The van der Waals surface area contributed by atoms with Crippen molar-refractivity contribution in [3.63, 3.8) is 0 Å². The Kier molecular flexibility index (Phi) is 6.02. The van der Waals surface area contributed by atoms with Crippen LogP contribution in [0.3, 0.4) is 0 Å². The summed E-state index contributed by atoms with van der Waals surface area (Å²) in [6, 6.07) is 6.68. The second-order valence-corrected chi connectivity index (χ2v) is 7.24. The maximum Gasteiger partial charge on any atom is 0.357 e. The van der Waals surface area contributed by atoms with Gasteiger partial charge in [0.15, 0.2) is 0 Å². The Morgan fingerprint density at radius 3 is 2.03 bits per heavy atom. The number of hydrogen-bond acceptors (Lipinski definition) is 7. The van der Waals surface area contributed by atoms with Crippen molar-refractivity contribution in [2.24, 2.45) is 7.05 Å². The summed E-state index contributed by atoms with van der Waals surface area (Å²) in [5, 5.41) is 16.0. The normalized spacial score (nSPS) is 11.2. The lowest BCUT2D eigenvalue weighted by Crippen LogP contribution is -2.42. The molecule has 33 heavy (non-hydrogen) atoms. The number of aryl methyl sites for hydroxylation is 1. The van der Waals surface area contributed by atoms with Crippen LogP contribution >= 0.6 is 0 Å². The van der Waals surface area contributed by atoms with Crippen molar-refractivity contribution >= 4 is 17.8 Å². The van der Waals surface area contributed by atoms with Crippen molar-refractivity contribution in [1.82, 2.24) is 28.9 Å². The first kappa shape index (κ1) is 21.6. The average Bonchev–Trinajstić information content (AvgIpc) is 3.23. The smallest absolute Gasteiger partial charge is 0.283 e. The van der Waals surface area contributed by atoms with Crippen LogP contribution in [0.2, 0.25) is 0 Å². The zero-order valence-corrected chi connectivity index (χ0v) is 17.6. The Morgan fingerprint density at radius 1 is 0.939 bits per heavy atom. The Labute approximate surface area is 187 Å². The molecule has 4 rings (SSSR count). The SMILES string of the molecule is Cn1cc(/C=C/c2c([N+](=O)[O-])c(=O)n(Cc3ccncc3)c(=O)n2Cc2ccncc2)cn1. The van der Waals surface area contributed by atoms with Crippen LogP contribution < -0.4 is 11.2 Å². The van der Waals surface area contributed by atoms with Gasteiger partial charge in [-0.3, -0.25) is 34.1 Å². The molecule has 0 saturated carbocycles. The number of rotatable bonds is 7. The predicted molar refractivity (Wildman–Crippen MR) is 120 cm³/mol. The third-order valence-electron chi connectivity index (χ3n) is 4.96. The molecule has 0 radical (unpaired) electrons. The Bertz CT molecular complexity index is 1440. The molecule has 0 fully saturated rings. The van der Waals surface area contributed by atoms with Gasteiger partial charge in [0.25, 0.3) is 0 Å². The first-order chi connectivity index (χ1) is 15.9. The minimum atomic E-state index is -0.973. The van der Waals surface area contributed by atoms with Crippen LogP contribution in [-0.4, -0.2) is 33.8 Å². The van der Waals surface area contributed by atoms with Crippen molar-refractivity contribution in [2.75, 3.05) is 0 Å². The molecule has 11 heteroatoms. The van der Waals surface area contributed by atoms with Gasteiger partial charge in [0.2, 0.25) is 0 Å². The fraction of sp³-hybridized carbons (Fsp3) is 0.136. The summed E-state index contributed by atoms with van der Waals surface area (Å²) in [5.41, 5.74) is -0.432. The van der Waals surface area contributed by atoms with Crippen molar-refractivity contribution in [1.29, 1.82) is 0 Å². The molecule has 0 amide bonds. The predicted octanol–water partition coefficient (Wildman–Crippen LogP) is 1.71. The zero-order chi connectivity index (χ0) is 23.4. The topological polar surface area (TPSA) is 131 Å². The third kappa shape index (κ3) is 4.66. The zero-order valence-electron chi connectivity index (χ0n) is 17.6. The Balaban J connectivity index is 1.94. The van der Waals surface area contributed by atoms with Gasteiger partial charge < -0.3 is 0 Å². The summed E-state index contributed by atoms with van der Waals surface area (Å²) in [6.07, 6.45) is 12.4. The van der Waals surface area contributed by atoms with Gasteiger partial charge in [-0.25, -0.2) is 9.36 Å². The number of nitro groups is 1. The quantitative estimate of drug-likeness (QED) is 0.313.